The number of carbonyl (C=O) groups excluding carboxylic acids is 2. The van der Waals surface area contributed by atoms with Gasteiger partial charge in [0, 0.05) is 56.3 Å². The Labute approximate surface area is 250 Å². The van der Waals surface area contributed by atoms with Crippen LogP contribution in [0.1, 0.15) is 69.8 Å². The Balaban J connectivity index is 1.90. The summed E-state index contributed by atoms with van der Waals surface area (Å²) in [6, 6.07) is 8.34. The van der Waals surface area contributed by atoms with Crippen molar-refractivity contribution in [2.24, 2.45) is 5.92 Å². The molecule has 232 valence electrons. The van der Waals surface area contributed by atoms with Gasteiger partial charge in [-0.3, -0.25) is 14.7 Å². The molecule has 1 aliphatic heterocycles. The normalized spacial score (nSPS) is 21.3. The number of fused-ring (bicyclic) bond motifs is 1. The second kappa shape index (κ2) is 16.4. The van der Waals surface area contributed by atoms with Crippen molar-refractivity contribution in [3.05, 3.63) is 53.9 Å². The number of pyridine rings is 1. The molecule has 3 amide bonds. The lowest BCUT2D eigenvalue weighted by Gasteiger charge is -2.36. The van der Waals surface area contributed by atoms with Crippen molar-refractivity contribution in [2.45, 2.75) is 84.7 Å². The second-order valence-corrected chi connectivity index (χ2v) is 11.8. The lowest BCUT2D eigenvalue weighted by molar-refractivity contribution is -0.0177. The molecule has 0 spiro atoms. The van der Waals surface area contributed by atoms with E-state index in [0.29, 0.717) is 36.7 Å². The van der Waals surface area contributed by atoms with E-state index in [4.69, 9.17) is 9.47 Å². The van der Waals surface area contributed by atoms with E-state index in [9.17, 15) is 14.7 Å². The maximum absolute atomic E-state index is 14.2. The molecule has 0 saturated carbocycles. The molecule has 10 heteroatoms. The van der Waals surface area contributed by atoms with Crippen molar-refractivity contribution in [1.82, 2.24) is 20.1 Å². The Kier molecular flexibility index (Phi) is 13.0. The predicted octanol–water partition coefficient (Wildman–Crippen LogP) is 4.54. The van der Waals surface area contributed by atoms with Gasteiger partial charge in [0.2, 0.25) is 0 Å². The number of carbonyl (C=O) groups is 2. The Morgan fingerprint density at radius 3 is 2.60 bits per heavy atom. The Morgan fingerprint density at radius 2 is 1.90 bits per heavy atom. The molecule has 2 heterocycles. The van der Waals surface area contributed by atoms with Gasteiger partial charge >= 0.3 is 6.03 Å². The average molecular weight is 584 g/mol. The highest BCUT2D eigenvalue weighted by molar-refractivity contribution is 5.99. The van der Waals surface area contributed by atoms with Crippen molar-refractivity contribution in [2.75, 3.05) is 38.7 Å². The Bertz CT molecular complexity index is 1130. The van der Waals surface area contributed by atoms with Crippen molar-refractivity contribution in [3.63, 3.8) is 0 Å². The van der Waals surface area contributed by atoms with Crippen molar-refractivity contribution < 1.29 is 24.2 Å². The fourth-order valence-corrected chi connectivity index (χ4v) is 5.06. The molecule has 0 aliphatic carbocycles. The van der Waals surface area contributed by atoms with E-state index in [2.05, 4.69) is 34.5 Å². The van der Waals surface area contributed by atoms with Gasteiger partial charge in [0.1, 0.15) is 5.75 Å². The van der Waals surface area contributed by atoms with Gasteiger partial charge in [-0.1, -0.05) is 6.92 Å². The van der Waals surface area contributed by atoms with Crippen LogP contribution < -0.4 is 15.4 Å². The highest BCUT2D eigenvalue weighted by Gasteiger charge is 2.30. The first-order valence-corrected chi connectivity index (χ1v) is 15.1. The van der Waals surface area contributed by atoms with Crippen LogP contribution in [0.4, 0.5) is 10.5 Å². The molecule has 0 unspecified atom stereocenters. The van der Waals surface area contributed by atoms with E-state index in [1.807, 2.05) is 39.8 Å². The number of nitrogens with zero attached hydrogens (tertiary/aromatic N) is 3. The molecule has 42 heavy (non-hydrogen) atoms. The van der Waals surface area contributed by atoms with E-state index in [1.54, 1.807) is 35.5 Å². The third-order valence-corrected chi connectivity index (χ3v) is 7.42. The summed E-state index contributed by atoms with van der Waals surface area (Å²) in [5, 5.41) is 15.8. The molecule has 0 bridgehead atoms. The quantitative estimate of drug-likeness (QED) is 0.418. The van der Waals surface area contributed by atoms with Crippen molar-refractivity contribution in [3.8, 4) is 5.75 Å². The van der Waals surface area contributed by atoms with Gasteiger partial charge in [0.05, 0.1) is 30.4 Å². The van der Waals surface area contributed by atoms with Crippen LogP contribution >= 0.6 is 0 Å². The van der Waals surface area contributed by atoms with E-state index >= 15 is 0 Å². The molecule has 0 radical (unpaired) electrons. The topological polar surface area (TPSA) is 116 Å². The number of aromatic nitrogens is 1. The number of benzene rings is 1. The third-order valence-electron chi connectivity index (χ3n) is 7.42. The molecule has 4 atom stereocenters. The van der Waals surface area contributed by atoms with Crippen LogP contribution in [-0.4, -0.2) is 89.5 Å². The zero-order chi connectivity index (χ0) is 30.6. The Morgan fingerprint density at radius 1 is 1.17 bits per heavy atom. The monoisotopic (exact) mass is 583 g/mol. The number of urea groups is 1. The van der Waals surface area contributed by atoms with E-state index < -0.39 is 6.04 Å². The minimum atomic E-state index is -0.436. The fraction of sp³-hybridized carbons (Fsp3) is 0.594. The molecular formula is C32H49N5O5. The van der Waals surface area contributed by atoms with Gasteiger partial charge < -0.3 is 30.1 Å². The number of aliphatic hydroxyl groups excluding tert-OH is 1. The number of rotatable bonds is 8. The molecule has 1 aromatic carbocycles. The average Bonchev–Trinajstić information content (AvgIpc) is 2.94. The number of hydrogen-bond acceptors (Lipinski definition) is 7. The van der Waals surface area contributed by atoms with Crippen molar-refractivity contribution in [1.29, 1.82) is 0 Å². The molecule has 3 rings (SSSR count). The molecular weight excluding hydrogens is 534 g/mol. The molecule has 3 N–H and O–H groups in total. The number of anilines is 1. The van der Waals surface area contributed by atoms with Crippen LogP contribution in [0.2, 0.25) is 0 Å². The van der Waals surface area contributed by atoms with Crippen molar-refractivity contribution >= 4 is 17.6 Å². The number of hydrogen-bond donors (Lipinski definition) is 3. The highest BCUT2D eigenvalue weighted by atomic mass is 16.5. The summed E-state index contributed by atoms with van der Waals surface area (Å²) >= 11 is 0. The standard InChI is InChI=1S/C32H49N5O5/c1-22(2)34-32(40)35-27-10-11-29-28(17-27)31(39)37(24(4)21-38)18-23(3)30(41-16-8-7-9-25(5)42-29)20-36(6)19-26-12-14-33-15-13-26/h10-15,17,22-25,30,38H,7-9,16,18-21H2,1-6H3,(H2,34,35,40)/t23-,24-,25+,30+/m1/s1. The largest absolute Gasteiger partial charge is 0.490 e. The lowest BCUT2D eigenvalue weighted by atomic mass is 10.0. The minimum absolute atomic E-state index is 0.0211. The summed E-state index contributed by atoms with van der Waals surface area (Å²) in [5.41, 5.74) is 2.01. The van der Waals surface area contributed by atoms with E-state index in [-0.39, 0.29) is 42.7 Å². The molecule has 0 saturated heterocycles. The predicted molar refractivity (Wildman–Crippen MR) is 165 cm³/mol. The summed E-state index contributed by atoms with van der Waals surface area (Å²) in [7, 11) is 2.07. The van der Waals surface area contributed by atoms with E-state index in [0.717, 1.165) is 25.8 Å². The SMILES string of the molecule is CC(C)NC(=O)Nc1ccc2c(c1)C(=O)N([C@H](C)CO)C[C@@H](C)[C@H](CN(C)Cc1ccncc1)OCCCC[C@H](C)O2. The van der Waals surface area contributed by atoms with Gasteiger partial charge in [0.15, 0.2) is 0 Å². The molecule has 1 aromatic heterocycles. The number of nitrogens with one attached hydrogen (secondary N) is 2. The number of ether oxygens (including phenoxy) is 2. The summed E-state index contributed by atoms with van der Waals surface area (Å²) in [4.78, 5) is 34.6. The maximum Gasteiger partial charge on any atom is 0.319 e. The van der Waals surface area contributed by atoms with Gasteiger partial charge in [-0.15, -0.1) is 0 Å². The van der Waals surface area contributed by atoms with Crippen LogP contribution in [0.3, 0.4) is 0 Å². The van der Waals surface area contributed by atoms with Gasteiger partial charge in [-0.25, -0.2) is 4.79 Å². The van der Waals surface area contributed by atoms with Crippen LogP contribution in [0.25, 0.3) is 0 Å². The summed E-state index contributed by atoms with van der Waals surface area (Å²) in [5.74, 6) is 0.179. The summed E-state index contributed by atoms with van der Waals surface area (Å²) in [6.45, 7) is 11.9. The number of amides is 3. The van der Waals surface area contributed by atoms with Gasteiger partial charge in [-0.2, -0.15) is 0 Å². The second-order valence-electron chi connectivity index (χ2n) is 11.8. The van der Waals surface area contributed by atoms with Crippen LogP contribution in [0, 0.1) is 5.92 Å². The molecule has 1 aliphatic rings. The smallest absolute Gasteiger partial charge is 0.319 e. The molecule has 0 fully saturated rings. The lowest BCUT2D eigenvalue weighted by Crippen LogP contribution is -2.47. The molecule has 2 aromatic rings. The van der Waals surface area contributed by atoms with Gasteiger partial charge in [0.25, 0.3) is 5.91 Å². The fourth-order valence-electron chi connectivity index (χ4n) is 5.06. The van der Waals surface area contributed by atoms with Crippen LogP contribution in [0.15, 0.2) is 42.7 Å². The summed E-state index contributed by atoms with van der Waals surface area (Å²) < 4.78 is 12.7. The van der Waals surface area contributed by atoms with E-state index in [1.165, 1.54) is 5.56 Å². The maximum atomic E-state index is 14.2. The Hall–Kier alpha value is -3.21. The molecule has 10 nitrogen and oxygen atoms in total. The number of aliphatic hydroxyl groups is 1. The third kappa shape index (κ3) is 10.3. The first-order valence-electron chi connectivity index (χ1n) is 15.1. The zero-order valence-corrected chi connectivity index (χ0v) is 26.0. The zero-order valence-electron chi connectivity index (χ0n) is 26.0. The first-order chi connectivity index (χ1) is 20.1. The van der Waals surface area contributed by atoms with Gasteiger partial charge in [-0.05, 0) is 89.9 Å². The summed E-state index contributed by atoms with van der Waals surface area (Å²) in [6.07, 6.45) is 6.00. The minimum Gasteiger partial charge on any atom is -0.490 e. The van der Waals surface area contributed by atoms with Crippen LogP contribution in [0.5, 0.6) is 5.75 Å². The van der Waals surface area contributed by atoms with Crippen LogP contribution in [-0.2, 0) is 11.3 Å². The first kappa shape index (κ1) is 33.3. The number of likely N-dealkylation sites (N-methyl/N-ethyl adjacent to an activating group) is 1. The highest BCUT2D eigenvalue weighted by Crippen LogP contribution is 2.28.